The predicted octanol–water partition coefficient (Wildman–Crippen LogP) is 3.39. The summed E-state index contributed by atoms with van der Waals surface area (Å²) in [5.74, 6) is -0.361. The Hall–Kier alpha value is -0.590. The molecule has 1 nitrogen and oxygen atoms in total. The van der Waals surface area contributed by atoms with Crippen LogP contribution in [0.2, 0.25) is 0 Å². The van der Waals surface area contributed by atoms with Gasteiger partial charge < -0.3 is 0 Å². The zero-order valence-corrected chi connectivity index (χ0v) is 8.23. The van der Waals surface area contributed by atoms with Crippen LogP contribution in [0.5, 0.6) is 0 Å². The summed E-state index contributed by atoms with van der Waals surface area (Å²) >= 11 is 8.61. The fraction of sp³-hybridized carbons (Fsp3) is 0.125. The minimum absolute atomic E-state index is 0.320. The van der Waals surface area contributed by atoms with E-state index in [1.807, 2.05) is 6.07 Å². The third-order valence-corrected chi connectivity index (χ3v) is 2.31. The van der Waals surface area contributed by atoms with Crippen molar-refractivity contribution in [2.45, 2.75) is 5.38 Å². The number of hydrogen-bond donors (Lipinski definition) is 0. The minimum Gasteiger partial charge on any atom is -0.206 e. The summed E-state index contributed by atoms with van der Waals surface area (Å²) in [4.78, 5) is 0. The van der Waals surface area contributed by atoms with E-state index in [2.05, 4.69) is 15.9 Å². The van der Waals surface area contributed by atoms with E-state index in [1.165, 1.54) is 18.2 Å². The molecule has 1 atom stereocenters. The lowest BCUT2D eigenvalue weighted by Gasteiger charge is -2.01. The summed E-state index contributed by atoms with van der Waals surface area (Å²) in [7, 11) is 0. The lowest BCUT2D eigenvalue weighted by Crippen LogP contribution is -1.87. The highest BCUT2D eigenvalue weighted by Gasteiger charge is 2.07. The largest absolute Gasteiger partial charge is 0.206 e. The Balaban J connectivity index is 3.06. The molecule has 0 heterocycles. The Labute approximate surface area is 82.9 Å². The van der Waals surface area contributed by atoms with Gasteiger partial charge in [-0.15, -0.1) is 11.6 Å². The van der Waals surface area contributed by atoms with Crippen LogP contribution in [0.15, 0.2) is 22.7 Å². The van der Waals surface area contributed by atoms with Crippen LogP contribution < -0.4 is 0 Å². The van der Waals surface area contributed by atoms with Crippen LogP contribution in [0, 0.1) is 17.1 Å². The van der Waals surface area contributed by atoms with E-state index >= 15 is 0 Å². The van der Waals surface area contributed by atoms with Gasteiger partial charge in [0.05, 0.1) is 10.5 Å². The quantitative estimate of drug-likeness (QED) is 0.699. The van der Waals surface area contributed by atoms with E-state index in [4.69, 9.17) is 16.9 Å². The van der Waals surface area contributed by atoms with Gasteiger partial charge in [0.1, 0.15) is 11.2 Å². The Morgan fingerprint density at radius 3 is 2.75 bits per heavy atom. The molecule has 0 radical (unpaired) electrons. The van der Waals surface area contributed by atoms with Gasteiger partial charge in [0.15, 0.2) is 0 Å². The lowest BCUT2D eigenvalue weighted by atomic mass is 10.2. The van der Waals surface area contributed by atoms with Gasteiger partial charge in [-0.25, -0.2) is 4.39 Å². The molecule has 0 amide bonds. The molecule has 0 N–H and O–H groups in total. The Morgan fingerprint density at radius 1 is 1.58 bits per heavy atom. The second kappa shape index (κ2) is 3.88. The maximum Gasteiger partial charge on any atom is 0.145 e. The predicted molar refractivity (Wildman–Crippen MR) is 48.3 cm³/mol. The van der Waals surface area contributed by atoms with Crippen molar-refractivity contribution in [3.8, 4) is 6.07 Å². The lowest BCUT2D eigenvalue weighted by molar-refractivity contribution is 0.620. The van der Waals surface area contributed by atoms with Gasteiger partial charge in [-0.2, -0.15) is 5.26 Å². The molecule has 1 aromatic carbocycles. The van der Waals surface area contributed by atoms with Crippen molar-refractivity contribution >= 4 is 27.5 Å². The molecule has 0 aliphatic heterocycles. The molecule has 0 saturated carbocycles. The molecule has 0 spiro atoms. The van der Waals surface area contributed by atoms with Crippen LogP contribution in [0.25, 0.3) is 0 Å². The highest BCUT2D eigenvalue weighted by atomic mass is 79.9. The van der Waals surface area contributed by atoms with Crippen LogP contribution in [0.4, 0.5) is 4.39 Å². The molecule has 0 bridgehead atoms. The van der Waals surface area contributed by atoms with Crippen molar-refractivity contribution in [3.63, 3.8) is 0 Å². The summed E-state index contributed by atoms with van der Waals surface area (Å²) in [6.45, 7) is 0. The zero-order chi connectivity index (χ0) is 9.14. The molecule has 62 valence electrons. The summed E-state index contributed by atoms with van der Waals surface area (Å²) in [5, 5.41) is 7.74. The molecule has 0 aliphatic carbocycles. The monoisotopic (exact) mass is 247 g/mol. The van der Waals surface area contributed by atoms with Crippen LogP contribution >= 0.6 is 27.5 Å². The van der Waals surface area contributed by atoms with Crippen LogP contribution in [-0.2, 0) is 0 Å². The smallest absolute Gasteiger partial charge is 0.145 e. The first kappa shape index (κ1) is 9.50. The van der Waals surface area contributed by atoms with Crippen LogP contribution in [-0.4, -0.2) is 0 Å². The van der Waals surface area contributed by atoms with Crippen molar-refractivity contribution in [1.82, 2.24) is 0 Å². The Morgan fingerprint density at radius 2 is 2.25 bits per heavy atom. The van der Waals surface area contributed by atoms with E-state index in [-0.39, 0.29) is 5.82 Å². The Kier molecular flexibility index (Phi) is 3.07. The van der Waals surface area contributed by atoms with Gasteiger partial charge in [-0.05, 0) is 33.6 Å². The van der Waals surface area contributed by atoms with Gasteiger partial charge in [0.2, 0.25) is 0 Å². The number of rotatable bonds is 1. The normalized spacial score (nSPS) is 12.2. The molecule has 12 heavy (non-hydrogen) atoms. The molecule has 1 aromatic rings. The van der Waals surface area contributed by atoms with Gasteiger partial charge >= 0.3 is 0 Å². The zero-order valence-electron chi connectivity index (χ0n) is 5.89. The van der Waals surface area contributed by atoms with E-state index < -0.39 is 5.38 Å². The third kappa shape index (κ3) is 1.96. The number of halogens is 3. The first-order valence-corrected chi connectivity index (χ1v) is 4.36. The second-order valence-corrected chi connectivity index (χ2v) is 3.46. The number of nitrogens with zero attached hydrogens (tertiary/aromatic N) is 1. The molecular formula is C8H4BrClFN. The summed E-state index contributed by atoms with van der Waals surface area (Å²) in [5.41, 5.74) is 0.590. The van der Waals surface area contributed by atoms with E-state index in [1.54, 1.807) is 0 Å². The third-order valence-electron chi connectivity index (χ3n) is 1.35. The maximum atomic E-state index is 12.7. The first-order valence-electron chi connectivity index (χ1n) is 3.14. The number of benzene rings is 1. The molecule has 0 fully saturated rings. The summed E-state index contributed by atoms with van der Waals surface area (Å²) in [6, 6.07) is 6.10. The van der Waals surface area contributed by atoms with Crippen molar-refractivity contribution < 1.29 is 4.39 Å². The standard InChI is InChI=1S/C8H4BrClFN/c9-6-3-5(7(10)4-12)1-2-8(6)11/h1-3,7H. The van der Waals surface area contributed by atoms with Gasteiger partial charge in [0.25, 0.3) is 0 Å². The Bertz CT molecular complexity index is 334. The SMILES string of the molecule is N#CC(Cl)c1ccc(F)c(Br)c1. The minimum atomic E-state index is -0.720. The maximum absolute atomic E-state index is 12.7. The molecule has 0 saturated heterocycles. The highest BCUT2D eigenvalue weighted by molar-refractivity contribution is 9.10. The summed E-state index contributed by atoms with van der Waals surface area (Å²) in [6.07, 6.45) is 0. The van der Waals surface area contributed by atoms with Gasteiger partial charge in [-0.1, -0.05) is 6.07 Å². The molecular weight excluding hydrogens is 244 g/mol. The van der Waals surface area contributed by atoms with Crippen molar-refractivity contribution in [3.05, 3.63) is 34.1 Å². The van der Waals surface area contributed by atoms with E-state index in [0.717, 1.165) is 0 Å². The van der Waals surface area contributed by atoms with E-state index in [9.17, 15) is 4.39 Å². The second-order valence-electron chi connectivity index (χ2n) is 2.17. The van der Waals surface area contributed by atoms with E-state index in [0.29, 0.717) is 10.0 Å². The molecule has 4 heteroatoms. The van der Waals surface area contributed by atoms with Gasteiger partial charge in [0, 0.05) is 0 Å². The number of nitriles is 1. The molecule has 0 aromatic heterocycles. The molecule has 1 rings (SSSR count). The van der Waals surface area contributed by atoms with Gasteiger partial charge in [-0.3, -0.25) is 0 Å². The average molecular weight is 248 g/mol. The fourth-order valence-corrected chi connectivity index (χ4v) is 1.28. The first-order chi connectivity index (χ1) is 5.65. The number of hydrogen-bond acceptors (Lipinski definition) is 1. The molecule has 1 unspecified atom stereocenters. The number of alkyl halides is 1. The molecule has 0 aliphatic rings. The van der Waals surface area contributed by atoms with Crippen molar-refractivity contribution in [1.29, 1.82) is 5.26 Å². The van der Waals surface area contributed by atoms with Crippen molar-refractivity contribution in [2.75, 3.05) is 0 Å². The van der Waals surface area contributed by atoms with Crippen LogP contribution in [0.3, 0.4) is 0 Å². The van der Waals surface area contributed by atoms with Crippen molar-refractivity contribution in [2.24, 2.45) is 0 Å². The fourth-order valence-electron chi connectivity index (χ4n) is 0.745. The highest BCUT2D eigenvalue weighted by Crippen LogP contribution is 2.24. The van der Waals surface area contributed by atoms with Crippen LogP contribution in [0.1, 0.15) is 10.9 Å². The average Bonchev–Trinajstić information content (AvgIpc) is 2.08. The summed E-state index contributed by atoms with van der Waals surface area (Å²) < 4.78 is 13.0. The topological polar surface area (TPSA) is 23.8 Å².